The third kappa shape index (κ3) is 2.97. The number of aromatic nitrogens is 2. The maximum atomic E-state index is 12.7. The summed E-state index contributed by atoms with van der Waals surface area (Å²) in [4.78, 5) is 14.7. The Morgan fingerprint density at radius 1 is 1.18 bits per heavy atom. The number of carbonyl (C=O) groups excluding carboxylic acids is 1. The molecule has 1 fully saturated rings. The van der Waals surface area contributed by atoms with Gasteiger partial charge in [-0.05, 0) is 42.0 Å². The minimum absolute atomic E-state index is 0.124. The summed E-state index contributed by atoms with van der Waals surface area (Å²) >= 11 is 0. The standard InChI is InChI=1S/C23H23N3O2/c1-25-22-13-17(7-8-18(22)14-24-25)19-11-20-9-10-21(12-19)26(20)23(27)28-15-16-5-3-2-4-6-16/h2-8,11,13-14,20-21H,9-10,12,15H2,1H3. The number of fused-ring (bicyclic) bond motifs is 3. The largest absolute Gasteiger partial charge is 0.445 e. The van der Waals surface area contributed by atoms with Crippen molar-refractivity contribution in [3.63, 3.8) is 0 Å². The van der Waals surface area contributed by atoms with Crippen molar-refractivity contribution < 1.29 is 9.53 Å². The smallest absolute Gasteiger partial charge is 0.410 e. The Labute approximate surface area is 164 Å². The van der Waals surface area contributed by atoms with Crippen molar-refractivity contribution in [2.45, 2.75) is 38.0 Å². The fraction of sp³-hybridized carbons (Fsp3) is 0.304. The Balaban J connectivity index is 1.34. The molecule has 5 heteroatoms. The second kappa shape index (κ2) is 6.82. The molecular weight excluding hydrogens is 350 g/mol. The maximum absolute atomic E-state index is 12.7. The van der Waals surface area contributed by atoms with Crippen molar-refractivity contribution in [2.75, 3.05) is 0 Å². The Kier molecular flexibility index (Phi) is 4.15. The van der Waals surface area contributed by atoms with E-state index in [1.807, 2.05) is 53.2 Å². The molecule has 1 amide bonds. The third-order valence-electron chi connectivity index (χ3n) is 5.93. The van der Waals surface area contributed by atoms with Gasteiger partial charge in [0.1, 0.15) is 6.61 Å². The molecule has 5 rings (SSSR count). The van der Waals surface area contributed by atoms with Gasteiger partial charge in [-0.15, -0.1) is 0 Å². The van der Waals surface area contributed by atoms with Crippen molar-refractivity contribution in [3.8, 4) is 0 Å². The van der Waals surface area contributed by atoms with Crippen LogP contribution in [-0.4, -0.2) is 32.9 Å². The second-order valence-corrected chi connectivity index (χ2v) is 7.68. The summed E-state index contributed by atoms with van der Waals surface area (Å²) < 4.78 is 7.51. The highest BCUT2D eigenvalue weighted by Gasteiger charge is 2.40. The molecule has 2 atom stereocenters. The molecule has 0 saturated carbocycles. The minimum Gasteiger partial charge on any atom is -0.445 e. The minimum atomic E-state index is -0.200. The molecule has 0 N–H and O–H groups in total. The second-order valence-electron chi connectivity index (χ2n) is 7.68. The summed E-state index contributed by atoms with van der Waals surface area (Å²) in [6.45, 7) is 0.323. The van der Waals surface area contributed by atoms with Crippen molar-refractivity contribution in [1.29, 1.82) is 0 Å². The molecule has 28 heavy (non-hydrogen) atoms. The van der Waals surface area contributed by atoms with E-state index in [9.17, 15) is 4.79 Å². The predicted octanol–water partition coefficient (Wildman–Crippen LogP) is 4.53. The summed E-state index contributed by atoms with van der Waals surface area (Å²) in [5.41, 5.74) is 4.70. The lowest BCUT2D eigenvalue weighted by atomic mass is 9.94. The molecule has 2 aromatic carbocycles. The molecule has 2 aliphatic rings. The van der Waals surface area contributed by atoms with E-state index in [1.165, 1.54) is 11.1 Å². The van der Waals surface area contributed by atoms with Crippen LogP contribution in [0.4, 0.5) is 4.79 Å². The van der Waals surface area contributed by atoms with Crippen LogP contribution in [0.15, 0.2) is 60.8 Å². The zero-order valence-corrected chi connectivity index (χ0v) is 15.9. The normalized spacial score (nSPS) is 21.0. The van der Waals surface area contributed by atoms with Gasteiger partial charge in [0.2, 0.25) is 0 Å². The molecule has 0 radical (unpaired) electrons. The van der Waals surface area contributed by atoms with Gasteiger partial charge in [-0.2, -0.15) is 5.10 Å². The van der Waals surface area contributed by atoms with E-state index >= 15 is 0 Å². The predicted molar refractivity (Wildman–Crippen MR) is 109 cm³/mol. The molecule has 0 spiro atoms. The molecule has 2 aliphatic heterocycles. The maximum Gasteiger partial charge on any atom is 0.410 e. The van der Waals surface area contributed by atoms with Crippen LogP contribution in [0.1, 0.15) is 30.4 Å². The van der Waals surface area contributed by atoms with Crippen LogP contribution in [0, 0.1) is 0 Å². The van der Waals surface area contributed by atoms with Crippen LogP contribution in [-0.2, 0) is 18.4 Å². The van der Waals surface area contributed by atoms with Crippen molar-refractivity contribution in [1.82, 2.24) is 14.7 Å². The highest BCUT2D eigenvalue weighted by molar-refractivity contribution is 5.84. The van der Waals surface area contributed by atoms with Gasteiger partial charge >= 0.3 is 6.09 Å². The van der Waals surface area contributed by atoms with Gasteiger partial charge in [0.25, 0.3) is 0 Å². The lowest BCUT2D eigenvalue weighted by Crippen LogP contribution is -2.43. The van der Waals surface area contributed by atoms with Gasteiger partial charge in [-0.3, -0.25) is 9.58 Å². The number of nitrogens with zero attached hydrogens (tertiary/aromatic N) is 3. The van der Waals surface area contributed by atoms with Gasteiger partial charge in [0.15, 0.2) is 0 Å². The topological polar surface area (TPSA) is 47.4 Å². The van der Waals surface area contributed by atoms with Gasteiger partial charge in [0.05, 0.1) is 17.8 Å². The molecule has 2 bridgehead atoms. The lowest BCUT2D eigenvalue weighted by Gasteiger charge is -2.33. The monoisotopic (exact) mass is 373 g/mol. The number of amides is 1. The van der Waals surface area contributed by atoms with Gasteiger partial charge in [-0.1, -0.05) is 48.5 Å². The van der Waals surface area contributed by atoms with E-state index < -0.39 is 0 Å². The number of aryl methyl sites for hydroxylation is 1. The van der Waals surface area contributed by atoms with E-state index in [1.54, 1.807) is 0 Å². The molecule has 1 aromatic heterocycles. The molecule has 5 nitrogen and oxygen atoms in total. The zero-order chi connectivity index (χ0) is 19.1. The molecule has 2 unspecified atom stereocenters. The highest BCUT2D eigenvalue weighted by Crippen LogP contribution is 2.39. The Morgan fingerprint density at radius 3 is 2.86 bits per heavy atom. The van der Waals surface area contributed by atoms with Gasteiger partial charge < -0.3 is 4.74 Å². The van der Waals surface area contributed by atoms with E-state index in [0.717, 1.165) is 35.7 Å². The SMILES string of the molecule is Cn1ncc2ccc(C3=CC4CCC(C3)N4C(=O)OCc3ccccc3)cc21. The number of benzene rings is 2. The summed E-state index contributed by atoms with van der Waals surface area (Å²) in [7, 11) is 1.97. The molecule has 3 aromatic rings. The van der Waals surface area contributed by atoms with Crippen molar-refractivity contribution in [2.24, 2.45) is 7.05 Å². The average Bonchev–Trinajstić information content (AvgIpc) is 3.23. The van der Waals surface area contributed by atoms with E-state index in [4.69, 9.17) is 4.74 Å². The van der Waals surface area contributed by atoms with Crippen LogP contribution in [0.2, 0.25) is 0 Å². The fourth-order valence-electron chi connectivity index (χ4n) is 4.47. The van der Waals surface area contributed by atoms with Crippen molar-refractivity contribution >= 4 is 22.6 Å². The van der Waals surface area contributed by atoms with Gasteiger partial charge in [-0.25, -0.2) is 4.79 Å². The van der Waals surface area contributed by atoms with Crippen LogP contribution in [0.5, 0.6) is 0 Å². The number of carbonyl (C=O) groups is 1. The molecule has 3 heterocycles. The van der Waals surface area contributed by atoms with Crippen LogP contribution in [0.25, 0.3) is 16.5 Å². The van der Waals surface area contributed by atoms with Crippen LogP contribution in [0.3, 0.4) is 0 Å². The summed E-state index contributed by atoms with van der Waals surface area (Å²) in [6.07, 6.45) is 6.85. The van der Waals surface area contributed by atoms with Crippen molar-refractivity contribution in [3.05, 3.63) is 71.9 Å². The Bertz CT molecular complexity index is 1050. The van der Waals surface area contributed by atoms with E-state index in [-0.39, 0.29) is 18.2 Å². The first-order valence-corrected chi connectivity index (χ1v) is 9.81. The molecule has 0 aliphatic carbocycles. The van der Waals surface area contributed by atoms with Crippen LogP contribution >= 0.6 is 0 Å². The number of hydrogen-bond acceptors (Lipinski definition) is 3. The highest BCUT2D eigenvalue weighted by atomic mass is 16.6. The average molecular weight is 373 g/mol. The molecule has 1 saturated heterocycles. The third-order valence-corrected chi connectivity index (χ3v) is 5.93. The first-order valence-electron chi connectivity index (χ1n) is 9.81. The Hall–Kier alpha value is -3.08. The number of rotatable bonds is 3. The lowest BCUT2D eigenvalue weighted by molar-refractivity contribution is 0.0832. The summed E-state index contributed by atoms with van der Waals surface area (Å²) in [5.74, 6) is 0. The molecular formula is C23H23N3O2. The van der Waals surface area contributed by atoms with E-state index in [0.29, 0.717) is 6.61 Å². The summed E-state index contributed by atoms with van der Waals surface area (Å²) in [5, 5.41) is 5.48. The fourth-order valence-corrected chi connectivity index (χ4v) is 4.47. The van der Waals surface area contributed by atoms with Gasteiger partial charge in [0, 0.05) is 18.5 Å². The zero-order valence-electron chi connectivity index (χ0n) is 15.9. The van der Waals surface area contributed by atoms with E-state index in [2.05, 4.69) is 29.4 Å². The first kappa shape index (κ1) is 17.0. The number of hydrogen-bond donors (Lipinski definition) is 0. The van der Waals surface area contributed by atoms with Crippen LogP contribution < -0.4 is 0 Å². The first-order chi connectivity index (χ1) is 13.7. The quantitative estimate of drug-likeness (QED) is 0.678. The summed E-state index contributed by atoms with van der Waals surface area (Å²) in [6, 6.07) is 16.7. The number of ether oxygens (including phenoxy) is 1. The Morgan fingerprint density at radius 2 is 2.04 bits per heavy atom. The molecule has 142 valence electrons.